The van der Waals surface area contributed by atoms with Gasteiger partial charge in [0.2, 0.25) is 0 Å². The quantitative estimate of drug-likeness (QED) is 0.455. The normalized spacial score (nSPS) is 11.2. The van der Waals surface area contributed by atoms with Crippen LogP contribution >= 0.6 is 11.6 Å². The fourth-order valence-corrected chi connectivity index (χ4v) is 1.36. The minimum Gasteiger partial charge on any atom is -0.330 e. The van der Waals surface area contributed by atoms with Crippen LogP contribution in [0.1, 0.15) is 0 Å². The standard InChI is InChI=1S/C13H9ClF2O4/c14-11-8-4-5-9-12(11)18-20-13(15,16)19-17-10-6-2-1-3-7-10/h1-9H. The molecule has 0 N–H and O–H groups in total. The zero-order chi connectivity index (χ0) is 14.4. The van der Waals surface area contributed by atoms with Gasteiger partial charge in [-0.15, -0.1) is 8.78 Å². The summed E-state index contributed by atoms with van der Waals surface area (Å²) in [5.41, 5.74) is 0. The first-order valence-corrected chi connectivity index (χ1v) is 5.83. The number of alkyl halides is 2. The maximum absolute atomic E-state index is 13.2. The van der Waals surface area contributed by atoms with Crippen molar-refractivity contribution in [3.05, 3.63) is 59.6 Å². The second kappa shape index (κ2) is 6.51. The van der Waals surface area contributed by atoms with Gasteiger partial charge >= 0.3 is 6.29 Å². The summed E-state index contributed by atoms with van der Waals surface area (Å²) >= 11 is 5.70. The summed E-state index contributed by atoms with van der Waals surface area (Å²) in [6.45, 7) is 0. The molecule has 0 unspecified atom stereocenters. The number of halogens is 3. The van der Waals surface area contributed by atoms with E-state index in [0.29, 0.717) is 0 Å². The summed E-state index contributed by atoms with van der Waals surface area (Å²) in [6, 6.07) is 13.7. The van der Waals surface area contributed by atoms with Crippen molar-refractivity contribution in [3.63, 3.8) is 0 Å². The summed E-state index contributed by atoms with van der Waals surface area (Å²) in [5, 5.41) is 0.118. The Morgan fingerprint density at radius 2 is 1.40 bits per heavy atom. The van der Waals surface area contributed by atoms with Gasteiger partial charge in [-0.05, 0) is 24.3 Å². The fraction of sp³-hybridized carbons (Fsp3) is 0.0769. The Morgan fingerprint density at radius 3 is 2.10 bits per heavy atom. The van der Waals surface area contributed by atoms with Crippen LogP contribution in [0.4, 0.5) is 8.78 Å². The molecule has 2 aromatic carbocycles. The molecule has 0 aliphatic heterocycles. The lowest BCUT2D eigenvalue weighted by Gasteiger charge is -2.14. The largest absolute Gasteiger partial charge is 0.557 e. The van der Waals surface area contributed by atoms with Gasteiger partial charge in [0.1, 0.15) is 0 Å². The van der Waals surface area contributed by atoms with Gasteiger partial charge in [0.15, 0.2) is 11.5 Å². The van der Waals surface area contributed by atoms with Crippen LogP contribution in [0.2, 0.25) is 5.02 Å². The van der Waals surface area contributed by atoms with E-state index in [2.05, 4.69) is 19.6 Å². The molecule has 2 aromatic rings. The Bertz CT molecular complexity index is 551. The molecule has 106 valence electrons. The molecule has 20 heavy (non-hydrogen) atoms. The van der Waals surface area contributed by atoms with Crippen LogP contribution in [0, 0.1) is 0 Å². The number of para-hydroxylation sites is 2. The minimum atomic E-state index is -4.10. The molecular weight excluding hydrogens is 294 g/mol. The van der Waals surface area contributed by atoms with Gasteiger partial charge in [0, 0.05) is 0 Å². The zero-order valence-corrected chi connectivity index (χ0v) is 10.7. The predicted octanol–water partition coefficient (Wildman–Crippen LogP) is 4.21. The maximum Gasteiger partial charge on any atom is 0.557 e. The van der Waals surface area contributed by atoms with Crippen LogP contribution < -0.4 is 9.78 Å². The van der Waals surface area contributed by atoms with Crippen molar-refractivity contribution in [2.75, 3.05) is 0 Å². The fourth-order valence-electron chi connectivity index (χ4n) is 1.19. The third-order valence-corrected chi connectivity index (χ3v) is 2.36. The van der Waals surface area contributed by atoms with Crippen molar-refractivity contribution in [2.45, 2.75) is 6.29 Å². The molecule has 0 heterocycles. The van der Waals surface area contributed by atoms with Gasteiger partial charge in [-0.1, -0.05) is 51.7 Å². The highest BCUT2D eigenvalue weighted by atomic mass is 35.5. The Hall–Kier alpha value is -1.89. The molecule has 0 atom stereocenters. The van der Waals surface area contributed by atoms with Crippen molar-refractivity contribution in [2.24, 2.45) is 0 Å². The first-order chi connectivity index (χ1) is 9.57. The Kier molecular flexibility index (Phi) is 4.73. The van der Waals surface area contributed by atoms with Crippen molar-refractivity contribution in [1.82, 2.24) is 0 Å². The van der Waals surface area contributed by atoms with Crippen molar-refractivity contribution >= 4 is 11.6 Å². The molecule has 0 radical (unpaired) electrons. The highest BCUT2D eigenvalue weighted by Crippen LogP contribution is 2.27. The second-order valence-corrected chi connectivity index (χ2v) is 3.95. The molecule has 0 amide bonds. The van der Waals surface area contributed by atoms with E-state index in [9.17, 15) is 8.78 Å². The number of hydrogen-bond donors (Lipinski definition) is 0. The maximum atomic E-state index is 13.2. The lowest BCUT2D eigenvalue weighted by atomic mass is 10.3. The first-order valence-electron chi connectivity index (χ1n) is 5.45. The molecule has 0 fully saturated rings. The van der Waals surface area contributed by atoms with Gasteiger partial charge in [-0.25, -0.2) is 0 Å². The predicted molar refractivity (Wildman–Crippen MR) is 66.3 cm³/mol. The molecule has 7 heteroatoms. The zero-order valence-electron chi connectivity index (χ0n) is 9.96. The van der Waals surface area contributed by atoms with E-state index in [1.165, 1.54) is 24.3 Å². The molecule has 0 saturated carbocycles. The molecule has 2 rings (SSSR count). The van der Waals surface area contributed by atoms with Gasteiger partial charge in [0.05, 0.1) is 5.02 Å². The van der Waals surface area contributed by atoms with E-state index >= 15 is 0 Å². The van der Waals surface area contributed by atoms with E-state index in [4.69, 9.17) is 11.6 Å². The smallest absolute Gasteiger partial charge is 0.330 e. The van der Waals surface area contributed by atoms with E-state index in [-0.39, 0.29) is 16.5 Å². The van der Waals surface area contributed by atoms with Crippen LogP contribution in [-0.2, 0) is 9.78 Å². The average Bonchev–Trinajstić information content (AvgIpc) is 2.46. The van der Waals surface area contributed by atoms with Gasteiger partial charge < -0.3 is 9.78 Å². The van der Waals surface area contributed by atoms with Crippen molar-refractivity contribution in [3.8, 4) is 11.5 Å². The summed E-state index contributed by atoms with van der Waals surface area (Å²) in [6.07, 6.45) is -4.10. The Labute approximate surface area is 118 Å². The topological polar surface area (TPSA) is 36.9 Å². The number of rotatable bonds is 6. The van der Waals surface area contributed by atoms with Crippen molar-refractivity contribution in [1.29, 1.82) is 0 Å². The van der Waals surface area contributed by atoms with E-state index in [1.807, 2.05) is 0 Å². The van der Waals surface area contributed by atoms with Crippen LogP contribution in [0.15, 0.2) is 54.6 Å². The van der Waals surface area contributed by atoms with Gasteiger partial charge in [-0.3, -0.25) is 0 Å². The Balaban J connectivity index is 1.86. The van der Waals surface area contributed by atoms with Crippen LogP contribution in [0.3, 0.4) is 0 Å². The molecule has 0 aromatic heterocycles. The SMILES string of the molecule is FC(F)(OOc1ccccc1)OOc1ccccc1Cl. The molecule has 0 aliphatic carbocycles. The lowest BCUT2D eigenvalue weighted by molar-refractivity contribution is -0.550. The molecule has 0 spiro atoms. The Morgan fingerprint density at radius 1 is 0.800 bits per heavy atom. The number of hydrogen-bond acceptors (Lipinski definition) is 4. The van der Waals surface area contributed by atoms with Crippen LogP contribution in [-0.4, -0.2) is 6.29 Å². The summed E-state index contributed by atoms with van der Waals surface area (Å²) < 4.78 is 26.4. The number of benzene rings is 2. The van der Waals surface area contributed by atoms with Gasteiger partial charge in [0.25, 0.3) is 0 Å². The third kappa shape index (κ3) is 4.34. The lowest BCUT2D eigenvalue weighted by Crippen LogP contribution is -2.28. The van der Waals surface area contributed by atoms with Gasteiger partial charge in [-0.2, -0.15) is 0 Å². The second-order valence-electron chi connectivity index (χ2n) is 3.54. The van der Waals surface area contributed by atoms with E-state index in [1.54, 1.807) is 30.3 Å². The molecule has 4 nitrogen and oxygen atoms in total. The van der Waals surface area contributed by atoms with E-state index < -0.39 is 6.29 Å². The van der Waals surface area contributed by atoms with E-state index in [0.717, 1.165) is 0 Å². The first kappa shape index (κ1) is 14.5. The molecule has 0 saturated heterocycles. The average molecular weight is 303 g/mol. The molecule has 0 aliphatic rings. The van der Waals surface area contributed by atoms with Crippen molar-refractivity contribution < 1.29 is 28.3 Å². The highest BCUT2D eigenvalue weighted by molar-refractivity contribution is 6.32. The molecule has 0 bridgehead atoms. The minimum absolute atomic E-state index is 0.0721. The summed E-state index contributed by atoms with van der Waals surface area (Å²) in [7, 11) is 0. The molecular formula is C13H9ClF2O4. The third-order valence-electron chi connectivity index (χ3n) is 2.04. The highest BCUT2D eigenvalue weighted by Gasteiger charge is 2.38. The van der Waals surface area contributed by atoms with Crippen LogP contribution in [0.5, 0.6) is 11.5 Å². The monoisotopic (exact) mass is 302 g/mol. The summed E-state index contributed by atoms with van der Waals surface area (Å²) in [4.78, 5) is 16.5. The van der Waals surface area contributed by atoms with Crippen LogP contribution in [0.25, 0.3) is 0 Å². The summed E-state index contributed by atoms with van der Waals surface area (Å²) in [5.74, 6) is 0.0191.